The Kier molecular flexibility index (Phi) is 3.51. The molecule has 70 valence electrons. The van der Waals surface area contributed by atoms with E-state index in [1.165, 1.54) is 0 Å². The molecule has 0 saturated heterocycles. The molecule has 1 nitrogen and oxygen atoms in total. The quantitative estimate of drug-likeness (QED) is 0.735. The number of hydrogen-bond donors (Lipinski definition) is 0. The highest BCUT2D eigenvalue weighted by Gasteiger charge is 2.09. The van der Waals surface area contributed by atoms with Gasteiger partial charge in [0.15, 0.2) is 5.78 Å². The van der Waals surface area contributed by atoms with Gasteiger partial charge in [-0.25, -0.2) is 0 Å². The number of hydrogen-bond acceptors (Lipinski definition) is 1. The smallest absolute Gasteiger partial charge is 0.163 e. The summed E-state index contributed by atoms with van der Waals surface area (Å²) in [5.74, 6) is 0.105. The van der Waals surface area contributed by atoms with E-state index in [2.05, 4.69) is 15.9 Å². The Morgan fingerprint density at radius 3 is 2.69 bits per heavy atom. The Bertz CT molecular complexity index is 347. The summed E-state index contributed by atoms with van der Waals surface area (Å²) in [6.07, 6.45) is 0.498. The fraction of sp³-hybridized carbons (Fsp3) is 0.300. The molecule has 0 unspecified atom stereocenters. The lowest BCUT2D eigenvalue weighted by molar-refractivity contribution is 0.0987. The van der Waals surface area contributed by atoms with E-state index in [1.54, 1.807) is 6.07 Å². The molecule has 0 N–H and O–H groups in total. The molecule has 0 amide bonds. The maximum absolute atomic E-state index is 11.4. The van der Waals surface area contributed by atoms with Crippen LogP contribution in [0.4, 0.5) is 0 Å². The molecule has 0 saturated carbocycles. The monoisotopic (exact) mass is 260 g/mol. The van der Waals surface area contributed by atoms with Crippen LogP contribution in [-0.4, -0.2) is 5.78 Å². The maximum Gasteiger partial charge on any atom is 0.163 e. The van der Waals surface area contributed by atoms with Crippen molar-refractivity contribution in [2.24, 2.45) is 0 Å². The van der Waals surface area contributed by atoms with Crippen molar-refractivity contribution in [3.8, 4) is 0 Å². The summed E-state index contributed by atoms with van der Waals surface area (Å²) in [6.45, 7) is 3.75. The highest BCUT2D eigenvalue weighted by atomic mass is 79.9. The third kappa shape index (κ3) is 2.32. The van der Waals surface area contributed by atoms with E-state index in [1.807, 2.05) is 19.9 Å². The number of benzene rings is 1. The Morgan fingerprint density at radius 1 is 1.54 bits per heavy atom. The van der Waals surface area contributed by atoms with Crippen LogP contribution in [0.15, 0.2) is 16.6 Å². The van der Waals surface area contributed by atoms with Gasteiger partial charge < -0.3 is 0 Å². The number of carbonyl (C=O) groups excluding carboxylic acids is 1. The van der Waals surface area contributed by atoms with Gasteiger partial charge >= 0.3 is 0 Å². The van der Waals surface area contributed by atoms with Crippen LogP contribution in [0.2, 0.25) is 5.02 Å². The van der Waals surface area contributed by atoms with Gasteiger partial charge in [-0.15, -0.1) is 0 Å². The normalized spacial score (nSPS) is 10.2. The van der Waals surface area contributed by atoms with E-state index in [0.29, 0.717) is 17.0 Å². The molecular weight excluding hydrogens is 251 g/mol. The molecule has 1 aromatic carbocycles. The van der Waals surface area contributed by atoms with E-state index in [-0.39, 0.29) is 5.78 Å². The first kappa shape index (κ1) is 10.7. The number of ketones is 1. The molecule has 13 heavy (non-hydrogen) atoms. The van der Waals surface area contributed by atoms with Crippen molar-refractivity contribution in [3.05, 3.63) is 32.8 Å². The van der Waals surface area contributed by atoms with Gasteiger partial charge in [0.1, 0.15) is 0 Å². The Morgan fingerprint density at radius 2 is 2.15 bits per heavy atom. The molecule has 0 bridgehead atoms. The molecule has 0 fully saturated rings. The minimum absolute atomic E-state index is 0.105. The predicted molar refractivity (Wildman–Crippen MR) is 58.5 cm³/mol. The first-order chi connectivity index (χ1) is 6.06. The second-order valence-electron chi connectivity index (χ2n) is 2.86. The molecule has 0 aliphatic rings. The summed E-state index contributed by atoms with van der Waals surface area (Å²) in [7, 11) is 0. The van der Waals surface area contributed by atoms with Gasteiger partial charge in [-0.2, -0.15) is 0 Å². The van der Waals surface area contributed by atoms with E-state index in [4.69, 9.17) is 11.6 Å². The number of rotatable bonds is 2. The van der Waals surface area contributed by atoms with E-state index < -0.39 is 0 Å². The summed E-state index contributed by atoms with van der Waals surface area (Å²) in [6, 6.07) is 3.58. The third-order valence-electron chi connectivity index (χ3n) is 1.87. The summed E-state index contributed by atoms with van der Waals surface area (Å²) < 4.78 is 0.821. The summed E-state index contributed by atoms with van der Waals surface area (Å²) in [4.78, 5) is 11.4. The topological polar surface area (TPSA) is 17.1 Å². The molecule has 0 aliphatic heterocycles. The number of Topliss-reactive ketones (excluding diaryl/α,β-unsaturated/α-hetero) is 1. The van der Waals surface area contributed by atoms with Crippen LogP contribution >= 0.6 is 27.5 Å². The Balaban J connectivity index is 3.23. The molecule has 0 atom stereocenters. The second kappa shape index (κ2) is 4.25. The van der Waals surface area contributed by atoms with Gasteiger partial charge in [0.2, 0.25) is 0 Å². The first-order valence-electron chi connectivity index (χ1n) is 4.05. The van der Waals surface area contributed by atoms with Crippen LogP contribution in [-0.2, 0) is 0 Å². The zero-order valence-corrected chi connectivity index (χ0v) is 9.87. The molecule has 1 aromatic rings. The van der Waals surface area contributed by atoms with Crippen molar-refractivity contribution >= 4 is 33.3 Å². The Hall–Kier alpha value is -0.340. The van der Waals surface area contributed by atoms with Crippen LogP contribution in [0, 0.1) is 6.92 Å². The van der Waals surface area contributed by atoms with Crippen LogP contribution in [0.5, 0.6) is 0 Å². The van der Waals surface area contributed by atoms with Gasteiger partial charge in [0.25, 0.3) is 0 Å². The van der Waals surface area contributed by atoms with Crippen LogP contribution in [0.1, 0.15) is 29.3 Å². The van der Waals surface area contributed by atoms with Crippen molar-refractivity contribution < 1.29 is 4.79 Å². The second-order valence-corrected chi connectivity index (χ2v) is 4.12. The minimum Gasteiger partial charge on any atom is -0.294 e. The molecule has 0 radical (unpaired) electrons. The van der Waals surface area contributed by atoms with E-state index >= 15 is 0 Å². The van der Waals surface area contributed by atoms with E-state index in [0.717, 1.165) is 10.0 Å². The standard InChI is InChI=1S/C10H10BrClO/c1-3-10(13)7-5-9(12)6(2)4-8(7)11/h4-5H,3H2,1-2H3. The first-order valence-corrected chi connectivity index (χ1v) is 5.22. The number of aryl methyl sites for hydroxylation is 1. The molecule has 1 rings (SSSR count). The van der Waals surface area contributed by atoms with Crippen molar-refractivity contribution in [3.63, 3.8) is 0 Å². The average Bonchev–Trinajstić information content (AvgIpc) is 2.10. The summed E-state index contributed by atoms with van der Waals surface area (Å²) in [5.41, 5.74) is 1.64. The molecular formula is C10H10BrClO. The van der Waals surface area contributed by atoms with Gasteiger partial charge in [0, 0.05) is 21.5 Å². The van der Waals surface area contributed by atoms with Gasteiger partial charge in [-0.05, 0) is 24.6 Å². The zero-order valence-electron chi connectivity index (χ0n) is 7.53. The largest absolute Gasteiger partial charge is 0.294 e. The number of carbonyl (C=O) groups is 1. The molecule has 0 aliphatic carbocycles. The minimum atomic E-state index is 0.105. The molecule has 0 spiro atoms. The lowest BCUT2D eigenvalue weighted by Gasteiger charge is -2.04. The lowest BCUT2D eigenvalue weighted by Crippen LogP contribution is -1.98. The fourth-order valence-corrected chi connectivity index (χ4v) is 1.89. The van der Waals surface area contributed by atoms with Crippen molar-refractivity contribution in [1.82, 2.24) is 0 Å². The van der Waals surface area contributed by atoms with Crippen LogP contribution in [0.3, 0.4) is 0 Å². The van der Waals surface area contributed by atoms with Crippen molar-refractivity contribution in [2.75, 3.05) is 0 Å². The fourth-order valence-electron chi connectivity index (χ4n) is 1.05. The van der Waals surface area contributed by atoms with Gasteiger partial charge in [0.05, 0.1) is 0 Å². The van der Waals surface area contributed by atoms with Crippen LogP contribution < -0.4 is 0 Å². The molecule has 0 heterocycles. The zero-order chi connectivity index (χ0) is 10.0. The van der Waals surface area contributed by atoms with Crippen molar-refractivity contribution in [2.45, 2.75) is 20.3 Å². The van der Waals surface area contributed by atoms with Gasteiger partial charge in [-0.3, -0.25) is 4.79 Å². The summed E-state index contributed by atoms with van der Waals surface area (Å²) >= 11 is 9.26. The van der Waals surface area contributed by atoms with E-state index in [9.17, 15) is 4.79 Å². The highest BCUT2D eigenvalue weighted by Crippen LogP contribution is 2.25. The molecule has 3 heteroatoms. The lowest BCUT2D eigenvalue weighted by atomic mass is 10.1. The van der Waals surface area contributed by atoms with Crippen LogP contribution in [0.25, 0.3) is 0 Å². The predicted octanol–water partition coefficient (Wildman–Crippen LogP) is 4.00. The highest BCUT2D eigenvalue weighted by molar-refractivity contribution is 9.10. The number of halogens is 2. The Labute approximate surface area is 91.2 Å². The SMILES string of the molecule is CCC(=O)c1cc(Cl)c(C)cc1Br. The molecule has 0 aromatic heterocycles. The summed E-state index contributed by atoms with van der Waals surface area (Å²) in [5, 5.41) is 0.639. The maximum atomic E-state index is 11.4. The average molecular weight is 262 g/mol. The van der Waals surface area contributed by atoms with Crippen molar-refractivity contribution in [1.29, 1.82) is 0 Å². The third-order valence-corrected chi connectivity index (χ3v) is 2.93. The van der Waals surface area contributed by atoms with Gasteiger partial charge in [-0.1, -0.05) is 34.5 Å².